The molecule has 0 aliphatic heterocycles. The molecule has 1 aliphatic carbocycles. The van der Waals surface area contributed by atoms with E-state index in [-0.39, 0.29) is 0 Å². The molecule has 3 nitrogen and oxygen atoms in total. The second-order valence-corrected chi connectivity index (χ2v) is 15.8. The predicted octanol–water partition coefficient (Wildman–Crippen LogP) is 15.1. The summed E-state index contributed by atoms with van der Waals surface area (Å²) in [5.41, 5.74) is 18.9. The van der Waals surface area contributed by atoms with E-state index in [1.165, 1.54) is 66.1 Å². The van der Waals surface area contributed by atoms with Crippen molar-refractivity contribution < 1.29 is 0 Å². The molecule has 1 heterocycles. The van der Waals surface area contributed by atoms with Gasteiger partial charge in [0, 0.05) is 16.2 Å². The van der Waals surface area contributed by atoms with Gasteiger partial charge >= 0.3 is 0 Å². The highest BCUT2D eigenvalue weighted by Crippen LogP contribution is 2.58. The summed E-state index contributed by atoms with van der Waals surface area (Å²) in [5, 5.41) is 26.2. The number of fused-ring (bicyclic) bond motifs is 7. The van der Waals surface area contributed by atoms with E-state index in [1.54, 1.807) is 0 Å². The van der Waals surface area contributed by atoms with Crippen molar-refractivity contribution in [2.75, 3.05) is 0 Å². The highest BCUT2D eigenvalue weighted by molar-refractivity contribution is 6.28. The van der Waals surface area contributed by atoms with E-state index in [0.29, 0.717) is 11.1 Å². The molecule has 280 valence electrons. The van der Waals surface area contributed by atoms with Crippen molar-refractivity contribution in [3.05, 3.63) is 211 Å². The van der Waals surface area contributed by atoms with E-state index in [1.807, 2.05) is 48.5 Å². The van der Waals surface area contributed by atoms with Crippen LogP contribution in [0.2, 0.25) is 0 Å². The van der Waals surface area contributed by atoms with E-state index in [2.05, 4.69) is 168 Å². The van der Waals surface area contributed by atoms with Crippen LogP contribution in [-0.2, 0) is 0 Å². The van der Waals surface area contributed by atoms with Crippen LogP contribution in [0.1, 0.15) is 11.1 Å². The van der Waals surface area contributed by atoms with Crippen LogP contribution in [0.5, 0.6) is 0 Å². The maximum Gasteiger partial charge on any atom is 0.0991 e. The van der Waals surface area contributed by atoms with Crippen LogP contribution >= 0.6 is 0 Å². The first-order chi connectivity index (χ1) is 30.2. The first-order valence-corrected chi connectivity index (χ1v) is 20.5. The maximum atomic E-state index is 9.49. The van der Waals surface area contributed by atoms with Crippen molar-refractivity contribution in [2.24, 2.45) is 0 Å². The number of nitrogens with zero attached hydrogens (tertiary/aromatic N) is 3. The fraction of sp³-hybridized carbons (Fsp3) is 0. The molecule has 1 aromatic heterocycles. The average molecular weight is 772 g/mol. The van der Waals surface area contributed by atoms with Crippen LogP contribution in [0.3, 0.4) is 0 Å². The summed E-state index contributed by atoms with van der Waals surface area (Å²) in [6, 6.07) is 75.8. The molecular weight excluding hydrogens is 739 g/mol. The second kappa shape index (κ2) is 13.5. The number of rotatable bonds is 5. The topological polar surface area (TPSA) is 52.5 Å². The Hall–Kier alpha value is -8.50. The fourth-order valence-electron chi connectivity index (χ4n) is 9.91. The van der Waals surface area contributed by atoms with Gasteiger partial charge in [0.05, 0.1) is 40.0 Å². The van der Waals surface area contributed by atoms with E-state index >= 15 is 0 Å². The van der Waals surface area contributed by atoms with Gasteiger partial charge < -0.3 is 4.57 Å². The maximum absolute atomic E-state index is 9.49. The van der Waals surface area contributed by atoms with Crippen molar-refractivity contribution in [3.63, 3.8) is 0 Å². The molecule has 0 unspecified atom stereocenters. The molecule has 0 spiro atoms. The number of nitriles is 2. The predicted molar refractivity (Wildman–Crippen MR) is 251 cm³/mol. The van der Waals surface area contributed by atoms with E-state index in [0.717, 1.165) is 49.7 Å². The van der Waals surface area contributed by atoms with Gasteiger partial charge in [-0.25, -0.2) is 0 Å². The molecule has 61 heavy (non-hydrogen) atoms. The zero-order chi connectivity index (χ0) is 40.6. The first-order valence-electron chi connectivity index (χ1n) is 20.5. The Morgan fingerprint density at radius 3 is 1.25 bits per heavy atom. The quantitative estimate of drug-likeness (QED) is 0.175. The van der Waals surface area contributed by atoms with Gasteiger partial charge in [0.15, 0.2) is 0 Å². The van der Waals surface area contributed by atoms with E-state index in [4.69, 9.17) is 0 Å². The zero-order valence-corrected chi connectivity index (χ0v) is 32.9. The van der Waals surface area contributed by atoms with Gasteiger partial charge in [-0.3, -0.25) is 0 Å². The number of aromatic nitrogens is 1. The van der Waals surface area contributed by atoms with Gasteiger partial charge in [-0.2, -0.15) is 10.5 Å². The molecule has 0 fully saturated rings. The normalized spacial score (nSPS) is 11.6. The minimum Gasteiger partial charge on any atom is -0.309 e. The number of benzene rings is 10. The molecule has 3 heteroatoms. The Kier molecular flexibility index (Phi) is 7.66. The summed E-state index contributed by atoms with van der Waals surface area (Å²) >= 11 is 0. The molecule has 0 saturated carbocycles. The SMILES string of the molecule is N#Cc1ccc(-c2ccc3c(c2)c2cc(-c4ccc(C#N)cc4)ccc2n3-c2ccc3c4c(cccc24)-c2c-3c(-c3ccccc3)c3ccccc3c2-c2ccccc2)cc1. The van der Waals surface area contributed by atoms with Crippen LogP contribution in [0, 0.1) is 22.7 Å². The van der Waals surface area contributed by atoms with Crippen molar-refractivity contribution in [1.29, 1.82) is 10.5 Å². The minimum absolute atomic E-state index is 0.641. The monoisotopic (exact) mass is 771 g/mol. The van der Waals surface area contributed by atoms with Gasteiger partial charge in [-0.1, -0.05) is 146 Å². The van der Waals surface area contributed by atoms with Crippen LogP contribution in [0.15, 0.2) is 200 Å². The average Bonchev–Trinajstić information content (AvgIpc) is 3.84. The van der Waals surface area contributed by atoms with Gasteiger partial charge in [0.1, 0.15) is 0 Å². The van der Waals surface area contributed by atoms with Crippen molar-refractivity contribution in [2.45, 2.75) is 0 Å². The van der Waals surface area contributed by atoms with Gasteiger partial charge in [-0.05, 0) is 138 Å². The largest absolute Gasteiger partial charge is 0.309 e. The standard InChI is InChI=1S/C58H33N3/c59-34-36-18-22-38(23-19-36)42-26-29-52-49(32-42)50-33-43(39-24-20-37(35-60)21-25-39)27-30-53(50)61(52)51-31-28-48-56-46(51)16-9-17-47(56)57-54(40-10-3-1-4-11-40)44-14-7-8-15-45(44)55(58(48)57)41-12-5-2-6-13-41/h1-33H. The van der Waals surface area contributed by atoms with Crippen LogP contribution in [0.4, 0.5) is 0 Å². The fourth-order valence-corrected chi connectivity index (χ4v) is 9.91. The molecule has 0 radical (unpaired) electrons. The molecule has 10 aromatic carbocycles. The summed E-state index contributed by atoms with van der Waals surface area (Å²) in [6.45, 7) is 0. The Morgan fingerprint density at radius 2 is 0.754 bits per heavy atom. The summed E-state index contributed by atoms with van der Waals surface area (Å²) < 4.78 is 2.44. The molecule has 0 saturated heterocycles. The lowest BCUT2D eigenvalue weighted by Crippen LogP contribution is -1.96. The lowest BCUT2D eigenvalue weighted by atomic mass is 9.82. The van der Waals surface area contributed by atoms with Crippen molar-refractivity contribution in [1.82, 2.24) is 4.57 Å². The summed E-state index contributed by atoms with van der Waals surface area (Å²) in [5.74, 6) is 0. The molecule has 11 aromatic rings. The van der Waals surface area contributed by atoms with Crippen molar-refractivity contribution >= 4 is 43.4 Å². The first kappa shape index (κ1) is 34.5. The molecule has 12 rings (SSSR count). The van der Waals surface area contributed by atoms with Gasteiger partial charge in [-0.15, -0.1) is 0 Å². The molecule has 1 aliphatic rings. The lowest BCUT2D eigenvalue weighted by molar-refractivity contribution is 1.20. The second-order valence-electron chi connectivity index (χ2n) is 15.8. The molecule has 0 amide bonds. The number of hydrogen-bond donors (Lipinski definition) is 0. The minimum atomic E-state index is 0.641. The van der Waals surface area contributed by atoms with E-state index < -0.39 is 0 Å². The van der Waals surface area contributed by atoms with Gasteiger partial charge in [0.2, 0.25) is 0 Å². The molecule has 0 atom stereocenters. The number of hydrogen-bond acceptors (Lipinski definition) is 2. The smallest absolute Gasteiger partial charge is 0.0991 e. The highest BCUT2D eigenvalue weighted by atomic mass is 15.0. The zero-order valence-electron chi connectivity index (χ0n) is 32.9. The third kappa shape index (κ3) is 5.22. The highest BCUT2D eigenvalue weighted by Gasteiger charge is 2.31. The van der Waals surface area contributed by atoms with E-state index in [9.17, 15) is 10.5 Å². The summed E-state index contributed by atoms with van der Waals surface area (Å²) in [7, 11) is 0. The summed E-state index contributed by atoms with van der Waals surface area (Å²) in [6.07, 6.45) is 0. The molecule has 0 N–H and O–H groups in total. The van der Waals surface area contributed by atoms with Gasteiger partial charge in [0.25, 0.3) is 0 Å². The lowest BCUT2D eigenvalue weighted by Gasteiger charge is -2.20. The summed E-state index contributed by atoms with van der Waals surface area (Å²) in [4.78, 5) is 0. The Balaban J connectivity index is 1.15. The van der Waals surface area contributed by atoms with Crippen LogP contribution in [-0.4, -0.2) is 4.57 Å². The molecular formula is C58H33N3. The molecule has 0 bridgehead atoms. The van der Waals surface area contributed by atoms with Crippen LogP contribution < -0.4 is 0 Å². The van der Waals surface area contributed by atoms with Crippen LogP contribution in [0.25, 0.3) is 116 Å². The Bertz CT molecular complexity index is 3470. The third-order valence-electron chi connectivity index (χ3n) is 12.6. The third-order valence-corrected chi connectivity index (χ3v) is 12.6. The Morgan fingerprint density at radius 1 is 0.311 bits per heavy atom. The van der Waals surface area contributed by atoms with Crippen molar-refractivity contribution in [3.8, 4) is 84.6 Å². The Labute approximate surface area is 352 Å².